The van der Waals surface area contributed by atoms with Crippen LogP contribution in [-0.2, 0) is 0 Å². The second-order valence-electron chi connectivity index (χ2n) is 5.63. The third-order valence-corrected chi connectivity index (χ3v) is 3.63. The second-order valence-corrected chi connectivity index (χ2v) is 5.63. The standard InChI is InChI=1S/C16H24F2N2O/c1-12(2)21-15-6-4-3-5-13(15)14(11-16(17)18)20-9-7-19-8-10-20/h3-6,12,14,16,19H,7-11H2,1-2H3/t14-/m1/s1. The molecule has 1 fully saturated rings. The van der Waals surface area contributed by atoms with Crippen molar-refractivity contribution in [1.29, 1.82) is 0 Å². The van der Waals surface area contributed by atoms with Crippen LogP contribution in [0.5, 0.6) is 5.75 Å². The number of hydrogen-bond acceptors (Lipinski definition) is 3. The van der Waals surface area contributed by atoms with E-state index in [-0.39, 0.29) is 18.6 Å². The first kappa shape index (κ1) is 16.2. The molecule has 0 spiro atoms. The Labute approximate surface area is 125 Å². The molecule has 1 aliphatic heterocycles. The van der Waals surface area contributed by atoms with Crippen molar-refractivity contribution < 1.29 is 13.5 Å². The molecule has 5 heteroatoms. The van der Waals surface area contributed by atoms with Crippen molar-refractivity contribution in [2.24, 2.45) is 0 Å². The number of nitrogens with one attached hydrogen (secondary N) is 1. The second kappa shape index (κ2) is 7.71. The van der Waals surface area contributed by atoms with Gasteiger partial charge in [-0.05, 0) is 19.9 Å². The van der Waals surface area contributed by atoms with Gasteiger partial charge in [0.1, 0.15) is 5.75 Å². The van der Waals surface area contributed by atoms with Crippen LogP contribution in [0.1, 0.15) is 31.9 Å². The number of hydrogen-bond donors (Lipinski definition) is 1. The van der Waals surface area contributed by atoms with Gasteiger partial charge in [-0.3, -0.25) is 4.90 Å². The number of halogens is 2. The molecule has 1 heterocycles. The maximum absolute atomic E-state index is 13.0. The van der Waals surface area contributed by atoms with Gasteiger partial charge in [-0.15, -0.1) is 0 Å². The van der Waals surface area contributed by atoms with Crippen LogP contribution in [0.15, 0.2) is 24.3 Å². The summed E-state index contributed by atoms with van der Waals surface area (Å²) in [5, 5.41) is 3.26. The van der Waals surface area contributed by atoms with Crippen LogP contribution in [0, 0.1) is 0 Å². The molecule has 0 unspecified atom stereocenters. The van der Waals surface area contributed by atoms with Crippen LogP contribution in [0.4, 0.5) is 8.78 Å². The summed E-state index contributed by atoms with van der Waals surface area (Å²) in [7, 11) is 0. The molecule has 1 aromatic carbocycles. The summed E-state index contributed by atoms with van der Waals surface area (Å²) < 4.78 is 31.9. The van der Waals surface area contributed by atoms with Gasteiger partial charge >= 0.3 is 0 Å². The van der Waals surface area contributed by atoms with E-state index in [4.69, 9.17) is 4.74 Å². The molecule has 1 aliphatic rings. The normalized spacial score (nSPS) is 18.2. The molecule has 21 heavy (non-hydrogen) atoms. The first-order chi connectivity index (χ1) is 10.1. The molecular weight excluding hydrogens is 274 g/mol. The maximum Gasteiger partial charge on any atom is 0.240 e. The highest BCUT2D eigenvalue weighted by Gasteiger charge is 2.27. The quantitative estimate of drug-likeness (QED) is 0.873. The molecule has 0 aliphatic carbocycles. The Morgan fingerprint density at radius 3 is 2.48 bits per heavy atom. The van der Waals surface area contributed by atoms with Crippen LogP contribution >= 0.6 is 0 Å². The van der Waals surface area contributed by atoms with E-state index in [0.29, 0.717) is 0 Å². The Bertz CT molecular complexity index is 434. The summed E-state index contributed by atoms with van der Waals surface area (Å²) in [4.78, 5) is 2.13. The predicted molar refractivity (Wildman–Crippen MR) is 80.0 cm³/mol. The number of rotatable bonds is 6. The molecule has 0 saturated carbocycles. The van der Waals surface area contributed by atoms with Crippen LogP contribution in [0.25, 0.3) is 0 Å². The van der Waals surface area contributed by atoms with Crippen LogP contribution in [0.3, 0.4) is 0 Å². The molecule has 1 atom stereocenters. The molecule has 118 valence electrons. The molecule has 0 radical (unpaired) electrons. The summed E-state index contributed by atoms with van der Waals surface area (Å²) in [5.41, 5.74) is 0.869. The minimum Gasteiger partial charge on any atom is -0.491 e. The summed E-state index contributed by atoms with van der Waals surface area (Å²) in [6.45, 7) is 7.15. The lowest BCUT2D eigenvalue weighted by atomic mass is 10.00. The zero-order valence-electron chi connectivity index (χ0n) is 12.7. The molecule has 0 bridgehead atoms. The van der Waals surface area contributed by atoms with Gasteiger partial charge in [0.2, 0.25) is 6.43 Å². The Morgan fingerprint density at radius 2 is 1.86 bits per heavy atom. The van der Waals surface area contributed by atoms with Crippen LogP contribution in [0.2, 0.25) is 0 Å². The summed E-state index contributed by atoms with van der Waals surface area (Å²) in [6.07, 6.45) is -2.45. The first-order valence-corrected chi connectivity index (χ1v) is 7.56. The van der Waals surface area contributed by atoms with Gasteiger partial charge in [0.25, 0.3) is 0 Å². The number of benzene rings is 1. The van der Waals surface area contributed by atoms with E-state index in [0.717, 1.165) is 37.5 Å². The Morgan fingerprint density at radius 1 is 1.19 bits per heavy atom. The van der Waals surface area contributed by atoms with Crippen molar-refractivity contribution in [3.63, 3.8) is 0 Å². The fraction of sp³-hybridized carbons (Fsp3) is 0.625. The lowest BCUT2D eigenvalue weighted by molar-refractivity contribution is 0.0721. The Kier molecular flexibility index (Phi) is 5.94. The third kappa shape index (κ3) is 4.64. The third-order valence-electron chi connectivity index (χ3n) is 3.63. The van der Waals surface area contributed by atoms with Gasteiger partial charge in [0.05, 0.1) is 6.10 Å². The Hall–Kier alpha value is -1.20. The monoisotopic (exact) mass is 298 g/mol. The number of ether oxygens (including phenoxy) is 1. The van der Waals surface area contributed by atoms with E-state index in [1.54, 1.807) is 0 Å². The van der Waals surface area contributed by atoms with Gasteiger partial charge < -0.3 is 10.1 Å². The molecule has 0 aromatic heterocycles. The summed E-state index contributed by atoms with van der Waals surface area (Å²) in [5.74, 6) is 0.719. The minimum absolute atomic E-state index is 0.0290. The average Bonchev–Trinajstić information content (AvgIpc) is 2.46. The van der Waals surface area contributed by atoms with Crippen molar-refractivity contribution in [3.8, 4) is 5.75 Å². The first-order valence-electron chi connectivity index (χ1n) is 7.56. The van der Waals surface area contributed by atoms with Crippen LogP contribution < -0.4 is 10.1 Å². The number of para-hydroxylation sites is 1. The SMILES string of the molecule is CC(C)Oc1ccccc1[C@@H](CC(F)F)N1CCNCC1. The highest BCUT2D eigenvalue weighted by molar-refractivity contribution is 5.36. The van der Waals surface area contributed by atoms with Crippen molar-refractivity contribution in [2.45, 2.75) is 38.8 Å². The number of piperazine rings is 1. The molecule has 0 amide bonds. The minimum atomic E-state index is -2.32. The van der Waals surface area contributed by atoms with Gasteiger partial charge in [-0.2, -0.15) is 0 Å². The molecule has 1 N–H and O–H groups in total. The Balaban J connectivity index is 2.26. The average molecular weight is 298 g/mol. The topological polar surface area (TPSA) is 24.5 Å². The van der Waals surface area contributed by atoms with Crippen molar-refractivity contribution >= 4 is 0 Å². The van der Waals surface area contributed by atoms with Gasteiger partial charge in [0, 0.05) is 44.2 Å². The van der Waals surface area contributed by atoms with E-state index in [1.807, 2.05) is 38.1 Å². The lowest BCUT2D eigenvalue weighted by Crippen LogP contribution is -2.45. The van der Waals surface area contributed by atoms with Gasteiger partial charge in [0.15, 0.2) is 0 Å². The summed E-state index contributed by atoms with van der Waals surface area (Å²) >= 11 is 0. The smallest absolute Gasteiger partial charge is 0.240 e. The molecule has 1 saturated heterocycles. The van der Waals surface area contributed by atoms with E-state index < -0.39 is 6.43 Å². The van der Waals surface area contributed by atoms with Crippen molar-refractivity contribution in [3.05, 3.63) is 29.8 Å². The zero-order valence-corrected chi connectivity index (χ0v) is 12.7. The van der Waals surface area contributed by atoms with Crippen molar-refractivity contribution in [2.75, 3.05) is 26.2 Å². The fourth-order valence-corrected chi connectivity index (χ4v) is 2.75. The highest BCUT2D eigenvalue weighted by atomic mass is 19.3. The van der Waals surface area contributed by atoms with Gasteiger partial charge in [-0.1, -0.05) is 18.2 Å². The number of nitrogens with zero attached hydrogens (tertiary/aromatic N) is 1. The predicted octanol–water partition coefficient (Wildman–Crippen LogP) is 3.08. The van der Waals surface area contributed by atoms with Crippen LogP contribution in [-0.4, -0.2) is 43.6 Å². The lowest BCUT2D eigenvalue weighted by Gasteiger charge is -2.36. The molecule has 1 aromatic rings. The van der Waals surface area contributed by atoms with E-state index >= 15 is 0 Å². The molecular formula is C16H24F2N2O. The van der Waals surface area contributed by atoms with Gasteiger partial charge in [-0.25, -0.2) is 8.78 Å². The maximum atomic E-state index is 13.0. The molecule has 2 rings (SSSR count). The summed E-state index contributed by atoms with van der Waals surface area (Å²) in [6, 6.07) is 7.27. The van der Waals surface area contributed by atoms with E-state index in [9.17, 15) is 8.78 Å². The number of alkyl halides is 2. The molecule has 3 nitrogen and oxygen atoms in total. The zero-order chi connectivity index (χ0) is 15.2. The fourth-order valence-electron chi connectivity index (χ4n) is 2.75. The largest absolute Gasteiger partial charge is 0.491 e. The highest BCUT2D eigenvalue weighted by Crippen LogP contribution is 2.34. The van der Waals surface area contributed by atoms with E-state index in [1.165, 1.54) is 0 Å². The van der Waals surface area contributed by atoms with Crippen molar-refractivity contribution in [1.82, 2.24) is 10.2 Å². The van der Waals surface area contributed by atoms with E-state index in [2.05, 4.69) is 10.2 Å².